The summed E-state index contributed by atoms with van der Waals surface area (Å²) in [5.41, 5.74) is 2.65. The van der Waals surface area contributed by atoms with Crippen molar-refractivity contribution in [3.8, 4) is 0 Å². The van der Waals surface area contributed by atoms with Gasteiger partial charge >= 0.3 is 11.9 Å². The monoisotopic (exact) mass is 967 g/mol. The normalized spacial score (nSPS) is 13.1. The second kappa shape index (κ2) is 45.9. The Morgan fingerprint density at radius 2 is 0.841 bits per heavy atom. The maximum Gasteiger partial charge on any atom is 0.305 e. The van der Waals surface area contributed by atoms with E-state index in [0.29, 0.717) is 50.5 Å². The number of unbranched alkanes of at least 4 members (excludes halogenated alkanes) is 24. The number of hydrogen-bond acceptors (Lipinski definition) is 7. The van der Waals surface area contributed by atoms with E-state index in [1.807, 2.05) is 0 Å². The average Bonchev–Trinajstić information content (AvgIpc) is 3.33. The van der Waals surface area contributed by atoms with Gasteiger partial charge in [-0.3, -0.25) is 19.4 Å². The molecule has 0 saturated heterocycles. The molecular formula is C62H114N2O5. The number of esters is 2. The van der Waals surface area contributed by atoms with Crippen molar-refractivity contribution in [2.75, 3.05) is 39.5 Å². The quantitative estimate of drug-likeness (QED) is 0.0515. The molecule has 0 aromatic heterocycles. The highest BCUT2D eigenvalue weighted by molar-refractivity contribution is 5.69. The van der Waals surface area contributed by atoms with Crippen molar-refractivity contribution in [2.45, 2.75) is 297 Å². The van der Waals surface area contributed by atoms with Crippen molar-refractivity contribution < 1.29 is 24.2 Å². The van der Waals surface area contributed by atoms with Crippen LogP contribution in [0.4, 0.5) is 0 Å². The maximum absolute atomic E-state index is 12.8. The SMILES string of the molecule is CCCCCCCCC(CCCCCCCC)COC(=O)CCCCCN(CCO)Cc1ccc(CN(CCCCCC(=O)OCC(CCCCCCCC)CCCCCCCC)C2CCC2)cc1. The molecule has 1 aromatic carbocycles. The summed E-state index contributed by atoms with van der Waals surface area (Å²) in [4.78, 5) is 30.7. The first-order valence-corrected chi connectivity index (χ1v) is 30.4. The van der Waals surface area contributed by atoms with Crippen molar-refractivity contribution in [1.82, 2.24) is 9.80 Å². The lowest BCUT2D eigenvalue weighted by atomic mass is 9.90. The summed E-state index contributed by atoms with van der Waals surface area (Å²) >= 11 is 0. The largest absolute Gasteiger partial charge is 0.465 e. The molecule has 0 heterocycles. The maximum atomic E-state index is 12.8. The number of carbonyl (C=O) groups excluding carboxylic acids is 2. The predicted octanol–water partition coefficient (Wildman–Crippen LogP) is 17.3. The number of hydrogen-bond donors (Lipinski definition) is 1. The van der Waals surface area contributed by atoms with Gasteiger partial charge in [0, 0.05) is 38.5 Å². The molecule has 1 saturated carbocycles. The standard InChI is InChI=1S/C62H114N2O5/c1-5-9-13-17-21-27-36-58(37-28-22-18-14-10-6-2)54-68-61(66)42-31-25-33-48-63(50-51-65)52-56-44-46-57(47-45-56)53-64(60-40-35-41-60)49-34-26-32-43-62(67)69-55-59(38-29-23-19-15-11-7-3)39-30-24-20-16-12-8-4/h44-47,58-60,65H,5-43,48-55H2,1-4H3. The fourth-order valence-corrected chi connectivity index (χ4v) is 10.4. The van der Waals surface area contributed by atoms with Gasteiger partial charge in [-0.05, 0) is 100 Å². The van der Waals surface area contributed by atoms with Crippen molar-refractivity contribution in [3.63, 3.8) is 0 Å². The van der Waals surface area contributed by atoms with E-state index >= 15 is 0 Å². The number of ether oxygens (including phenoxy) is 2. The highest BCUT2D eigenvalue weighted by Crippen LogP contribution is 2.28. The molecule has 0 amide bonds. The van der Waals surface area contributed by atoms with Crippen molar-refractivity contribution in [1.29, 1.82) is 0 Å². The molecule has 1 aliphatic carbocycles. The smallest absolute Gasteiger partial charge is 0.305 e. The predicted molar refractivity (Wildman–Crippen MR) is 295 cm³/mol. The Morgan fingerprint density at radius 1 is 0.478 bits per heavy atom. The zero-order valence-corrected chi connectivity index (χ0v) is 46.3. The molecule has 402 valence electrons. The lowest BCUT2D eigenvalue weighted by Crippen LogP contribution is -2.40. The van der Waals surface area contributed by atoms with Gasteiger partial charge in [0.15, 0.2) is 0 Å². The van der Waals surface area contributed by atoms with Crippen LogP contribution in [0.5, 0.6) is 0 Å². The second-order valence-electron chi connectivity index (χ2n) is 21.8. The lowest BCUT2D eigenvalue weighted by Gasteiger charge is -2.37. The summed E-state index contributed by atoms with van der Waals surface area (Å²) in [7, 11) is 0. The summed E-state index contributed by atoms with van der Waals surface area (Å²) < 4.78 is 11.8. The van der Waals surface area contributed by atoms with Gasteiger partial charge in [-0.25, -0.2) is 0 Å². The molecule has 1 aliphatic rings. The zero-order valence-electron chi connectivity index (χ0n) is 46.3. The van der Waals surface area contributed by atoms with Crippen LogP contribution in [0.1, 0.15) is 289 Å². The van der Waals surface area contributed by atoms with E-state index in [2.05, 4.69) is 61.8 Å². The van der Waals surface area contributed by atoms with Crippen molar-refractivity contribution in [3.05, 3.63) is 35.4 Å². The molecule has 0 aliphatic heterocycles. The van der Waals surface area contributed by atoms with Gasteiger partial charge in [0.2, 0.25) is 0 Å². The first-order valence-electron chi connectivity index (χ1n) is 30.4. The van der Waals surface area contributed by atoms with Crippen LogP contribution in [0.2, 0.25) is 0 Å². The van der Waals surface area contributed by atoms with Crippen LogP contribution in [0.3, 0.4) is 0 Å². The second-order valence-corrected chi connectivity index (χ2v) is 21.8. The van der Waals surface area contributed by atoms with Crippen LogP contribution in [-0.2, 0) is 32.2 Å². The molecule has 1 aromatic rings. The molecule has 0 spiro atoms. The van der Waals surface area contributed by atoms with Gasteiger partial charge < -0.3 is 14.6 Å². The van der Waals surface area contributed by atoms with E-state index in [4.69, 9.17) is 9.47 Å². The third kappa shape index (κ3) is 35.7. The first kappa shape index (κ1) is 63.2. The summed E-state index contributed by atoms with van der Waals surface area (Å²) in [5, 5.41) is 9.87. The van der Waals surface area contributed by atoms with Gasteiger partial charge in [-0.2, -0.15) is 0 Å². The number of aliphatic hydroxyl groups excluding tert-OH is 1. The Morgan fingerprint density at radius 3 is 1.22 bits per heavy atom. The molecule has 0 radical (unpaired) electrons. The molecule has 0 bridgehead atoms. The lowest BCUT2D eigenvalue weighted by molar-refractivity contribution is -0.146. The molecule has 2 rings (SSSR count). The van der Waals surface area contributed by atoms with E-state index in [1.54, 1.807) is 0 Å². The van der Waals surface area contributed by atoms with E-state index < -0.39 is 0 Å². The van der Waals surface area contributed by atoms with Gasteiger partial charge in [-0.15, -0.1) is 0 Å². The molecule has 0 unspecified atom stereocenters. The Kier molecular flexibility index (Phi) is 42.0. The Hall–Kier alpha value is -1.96. The summed E-state index contributed by atoms with van der Waals surface area (Å²) in [6, 6.07) is 9.83. The van der Waals surface area contributed by atoms with E-state index in [-0.39, 0.29) is 18.5 Å². The van der Waals surface area contributed by atoms with Crippen molar-refractivity contribution in [2.24, 2.45) is 11.8 Å². The molecule has 1 fully saturated rings. The zero-order chi connectivity index (χ0) is 49.7. The third-order valence-electron chi connectivity index (χ3n) is 15.3. The summed E-state index contributed by atoms with van der Waals surface area (Å²) in [6.45, 7) is 15.0. The third-order valence-corrected chi connectivity index (χ3v) is 15.3. The number of benzene rings is 1. The minimum Gasteiger partial charge on any atom is -0.465 e. The fourth-order valence-electron chi connectivity index (χ4n) is 10.4. The average molecular weight is 968 g/mol. The Labute approximate surface area is 428 Å². The number of carbonyl (C=O) groups is 2. The number of aliphatic hydroxyl groups is 1. The Bertz CT molecular complexity index is 1250. The first-order chi connectivity index (χ1) is 33.9. The van der Waals surface area contributed by atoms with Crippen LogP contribution >= 0.6 is 0 Å². The van der Waals surface area contributed by atoms with Gasteiger partial charge in [0.25, 0.3) is 0 Å². The summed E-state index contributed by atoms with van der Waals surface area (Å²) in [6.07, 6.45) is 47.4. The summed E-state index contributed by atoms with van der Waals surface area (Å²) in [5.74, 6) is 1.02. The minimum atomic E-state index is -0.0257. The highest BCUT2D eigenvalue weighted by Gasteiger charge is 2.25. The Balaban J connectivity index is 1.70. The van der Waals surface area contributed by atoms with Crippen LogP contribution in [-0.4, -0.2) is 72.3 Å². The topological polar surface area (TPSA) is 79.3 Å². The van der Waals surface area contributed by atoms with Crippen LogP contribution in [0.25, 0.3) is 0 Å². The van der Waals surface area contributed by atoms with E-state index in [0.717, 1.165) is 64.7 Å². The van der Waals surface area contributed by atoms with Crippen LogP contribution in [0.15, 0.2) is 24.3 Å². The number of nitrogens with zero attached hydrogens (tertiary/aromatic N) is 2. The molecule has 69 heavy (non-hydrogen) atoms. The van der Waals surface area contributed by atoms with E-state index in [1.165, 1.54) is 210 Å². The van der Waals surface area contributed by atoms with E-state index in [9.17, 15) is 14.7 Å². The highest BCUT2D eigenvalue weighted by atomic mass is 16.5. The van der Waals surface area contributed by atoms with Crippen LogP contribution < -0.4 is 0 Å². The molecular weight excluding hydrogens is 853 g/mol. The fraction of sp³-hybridized carbons (Fsp3) is 0.871. The van der Waals surface area contributed by atoms with Gasteiger partial charge in [0.1, 0.15) is 0 Å². The minimum absolute atomic E-state index is 0.00695. The van der Waals surface area contributed by atoms with Crippen LogP contribution in [0, 0.1) is 11.8 Å². The molecule has 7 nitrogen and oxygen atoms in total. The molecule has 1 N–H and O–H groups in total. The molecule has 0 atom stereocenters. The van der Waals surface area contributed by atoms with Gasteiger partial charge in [0.05, 0.1) is 19.8 Å². The van der Waals surface area contributed by atoms with Gasteiger partial charge in [-0.1, -0.05) is 225 Å². The molecule has 7 heteroatoms. The number of rotatable bonds is 51. The van der Waals surface area contributed by atoms with Crippen molar-refractivity contribution >= 4 is 11.9 Å².